The Morgan fingerprint density at radius 2 is 0.903 bits per heavy atom. The highest BCUT2D eigenvalue weighted by Gasteiger charge is 2.59. The Balaban J connectivity index is 0.903. The van der Waals surface area contributed by atoms with Gasteiger partial charge in [-0.2, -0.15) is 0 Å². The summed E-state index contributed by atoms with van der Waals surface area (Å²) in [5, 5.41) is 3.33. The van der Waals surface area contributed by atoms with Gasteiger partial charge in [-0.3, -0.25) is 4.79 Å². The molecule has 3 N–H and O–H groups in total. The van der Waals surface area contributed by atoms with E-state index in [2.05, 4.69) is 53.8 Å². The zero-order valence-corrected chi connectivity index (χ0v) is 45.5. The number of carbonyl (C=O) groups excluding carboxylic acids is 1. The molecule has 0 bridgehead atoms. The van der Waals surface area contributed by atoms with Gasteiger partial charge in [0.15, 0.2) is 34.7 Å². The van der Waals surface area contributed by atoms with E-state index in [0.29, 0.717) is 32.6 Å². The number of benzene rings is 2. The minimum atomic E-state index is -0.831. The van der Waals surface area contributed by atoms with Gasteiger partial charge in [-0.15, -0.1) is 0 Å². The number of hydrogen-bond acceptors (Lipinski definition) is 14. The SMILES string of the molecule is CC1(C)O[C@H]([C@H]2OC(C)(C)O[C@H]2CCCC(CCC[C@@H]2OC(C)(C)O[C@@H]2[C@H]2OC(C)(C)O[C@@H]2[C@H]2COC(C)(C)O2)CNC(=O)CCc2ccc(-c3ccc(CCCCN)cc3)cc2)[C@@H]([C@H]2COC(C)(C)O2)O1. The second-order valence-electron chi connectivity index (χ2n) is 23.8. The Labute approximate surface area is 429 Å². The first-order valence-electron chi connectivity index (χ1n) is 27.1. The van der Waals surface area contributed by atoms with Crippen molar-refractivity contribution in [2.45, 2.75) is 249 Å². The van der Waals surface area contributed by atoms with Crippen LogP contribution in [-0.2, 0) is 74.5 Å². The van der Waals surface area contributed by atoms with Gasteiger partial charge in [0.1, 0.15) is 48.8 Å². The Hall–Kier alpha value is -2.61. The van der Waals surface area contributed by atoms with Gasteiger partial charge < -0.3 is 67.9 Å². The monoisotopic (exact) mass is 1010 g/mol. The van der Waals surface area contributed by atoms with Gasteiger partial charge in [-0.05, 0) is 169 Å². The van der Waals surface area contributed by atoms with E-state index in [9.17, 15) is 4.79 Å². The molecule has 10 atom stereocenters. The van der Waals surface area contributed by atoms with Crippen LogP contribution in [-0.4, -0.2) is 128 Å². The molecule has 6 heterocycles. The molecule has 0 unspecified atom stereocenters. The van der Waals surface area contributed by atoms with Gasteiger partial charge in [-0.1, -0.05) is 61.4 Å². The molecule has 0 spiro atoms. The van der Waals surface area contributed by atoms with E-state index in [4.69, 9.17) is 62.6 Å². The molecule has 0 radical (unpaired) electrons. The highest BCUT2D eigenvalue weighted by molar-refractivity contribution is 5.76. The van der Waals surface area contributed by atoms with Crippen molar-refractivity contribution in [1.29, 1.82) is 0 Å². The molecule has 0 aromatic heterocycles. The van der Waals surface area contributed by atoms with Gasteiger partial charge in [0, 0.05) is 13.0 Å². The number of amides is 1. The molecule has 15 nitrogen and oxygen atoms in total. The van der Waals surface area contributed by atoms with Crippen molar-refractivity contribution in [1.82, 2.24) is 5.32 Å². The second kappa shape index (κ2) is 22.5. The average Bonchev–Trinajstić information content (AvgIpc) is 4.15. The smallest absolute Gasteiger partial charge is 0.220 e. The summed E-state index contributed by atoms with van der Waals surface area (Å²) in [6, 6.07) is 17.4. The molecule has 0 saturated carbocycles. The number of nitrogens with one attached hydrogen (secondary N) is 1. The standard InChI is InChI=1S/C57H88N2O13/c1-52(2)61-34-43(65-52)48-50(71-56(9,10)69-48)46-41(63-54(5,6)67-46)20-15-18-38(33-59-45(60)31-26-37-24-29-40(30-25-37)39-27-22-36(23-28-39)17-13-14-32-58)19-16-21-42-47(68-55(7,8)64-42)51-49(70-57(11,12)72-51)44-35-62-53(3,4)66-44/h22-25,27-30,38,41-44,46-51H,13-21,26,31-35,58H2,1-12H3,(H,59,60)/t41-,42-,43+,44+,46-,47-,48+,49+,50+,51+/m0/s1. The van der Waals surface area contributed by atoms with E-state index < -0.39 is 59.1 Å². The summed E-state index contributed by atoms with van der Waals surface area (Å²) >= 11 is 0. The maximum absolute atomic E-state index is 13.6. The van der Waals surface area contributed by atoms with Crippen LogP contribution in [0.5, 0.6) is 0 Å². The van der Waals surface area contributed by atoms with Crippen LogP contribution in [0.25, 0.3) is 11.1 Å². The van der Waals surface area contributed by atoms with Crippen LogP contribution < -0.4 is 11.1 Å². The lowest BCUT2D eigenvalue weighted by Gasteiger charge is -2.29. The van der Waals surface area contributed by atoms with Crippen LogP contribution in [0.15, 0.2) is 48.5 Å². The fourth-order valence-corrected chi connectivity index (χ4v) is 11.6. The molecule has 1 amide bonds. The lowest BCUT2D eigenvalue weighted by molar-refractivity contribution is -0.178. The predicted octanol–water partition coefficient (Wildman–Crippen LogP) is 9.02. The summed E-state index contributed by atoms with van der Waals surface area (Å²) < 4.78 is 77.2. The first kappa shape index (κ1) is 55.6. The molecular weight excluding hydrogens is 921 g/mol. The molecule has 2 aromatic carbocycles. The minimum absolute atomic E-state index is 0.0413. The molecule has 6 fully saturated rings. The fraction of sp³-hybridized carbons (Fsp3) is 0.772. The summed E-state index contributed by atoms with van der Waals surface area (Å²) in [5.41, 5.74) is 10.5. The normalized spacial score (nSPS) is 33.4. The number of unbranched alkanes of at least 4 members (excludes halogenated alkanes) is 1. The van der Waals surface area contributed by atoms with Gasteiger partial charge in [0.05, 0.1) is 25.4 Å². The summed E-state index contributed by atoms with van der Waals surface area (Å²) in [5.74, 6) is -4.48. The average molecular weight is 1010 g/mol. The number of hydrogen-bond donors (Lipinski definition) is 2. The second-order valence-corrected chi connectivity index (χ2v) is 23.8. The van der Waals surface area contributed by atoms with Gasteiger partial charge >= 0.3 is 0 Å². The minimum Gasteiger partial charge on any atom is -0.356 e. The van der Waals surface area contributed by atoms with Crippen LogP contribution in [0.2, 0.25) is 0 Å². The zero-order chi connectivity index (χ0) is 51.7. The fourth-order valence-electron chi connectivity index (χ4n) is 11.6. The van der Waals surface area contributed by atoms with E-state index in [0.717, 1.165) is 75.5 Å². The van der Waals surface area contributed by atoms with E-state index in [1.165, 1.54) is 11.1 Å². The Kier molecular flexibility index (Phi) is 17.4. The van der Waals surface area contributed by atoms with Crippen LogP contribution in [0.1, 0.15) is 152 Å². The number of aryl methyl sites for hydroxylation is 2. The maximum atomic E-state index is 13.6. The largest absolute Gasteiger partial charge is 0.356 e. The molecule has 404 valence electrons. The molecule has 2 aromatic rings. The van der Waals surface area contributed by atoms with Crippen LogP contribution in [0.3, 0.4) is 0 Å². The third kappa shape index (κ3) is 14.7. The maximum Gasteiger partial charge on any atom is 0.220 e. The number of ether oxygens (including phenoxy) is 12. The number of carbonyl (C=O) groups is 1. The Morgan fingerprint density at radius 1 is 0.500 bits per heavy atom. The third-order valence-corrected chi connectivity index (χ3v) is 14.8. The molecule has 6 saturated heterocycles. The highest BCUT2D eigenvalue weighted by Crippen LogP contribution is 2.45. The molecule has 0 aliphatic carbocycles. The van der Waals surface area contributed by atoms with Crippen molar-refractivity contribution in [2.75, 3.05) is 26.3 Å². The van der Waals surface area contributed by atoms with E-state index in [1.54, 1.807) is 0 Å². The molecule has 6 aliphatic heterocycles. The lowest BCUT2D eigenvalue weighted by atomic mass is 9.90. The summed E-state index contributed by atoms with van der Waals surface area (Å²) in [7, 11) is 0. The van der Waals surface area contributed by atoms with Crippen LogP contribution in [0, 0.1) is 5.92 Å². The molecule has 8 rings (SSSR count). The first-order chi connectivity index (χ1) is 33.9. The zero-order valence-electron chi connectivity index (χ0n) is 45.5. The summed E-state index contributed by atoms with van der Waals surface area (Å²) in [4.78, 5) is 13.6. The van der Waals surface area contributed by atoms with Gasteiger partial charge in [-0.25, -0.2) is 0 Å². The van der Waals surface area contributed by atoms with Crippen molar-refractivity contribution in [3.8, 4) is 11.1 Å². The van der Waals surface area contributed by atoms with E-state index in [1.807, 2.05) is 83.1 Å². The predicted molar refractivity (Wildman–Crippen MR) is 272 cm³/mol. The van der Waals surface area contributed by atoms with Crippen LogP contribution >= 0.6 is 0 Å². The summed E-state index contributed by atoms with van der Waals surface area (Å²) in [6.45, 7) is 25.3. The lowest BCUT2D eigenvalue weighted by Crippen LogP contribution is -2.47. The quantitative estimate of drug-likeness (QED) is 0.107. The molecule has 15 heteroatoms. The Bertz CT molecular complexity index is 1990. The van der Waals surface area contributed by atoms with E-state index >= 15 is 0 Å². The molecule has 6 aliphatic rings. The third-order valence-electron chi connectivity index (χ3n) is 14.8. The number of nitrogens with two attached hydrogens (primary N) is 1. The highest BCUT2D eigenvalue weighted by atomic mass is 16.8. The van der Waals surface area contributed by atoms with Gasteiger partial charge in [0.25, 0.3) is 0 Å². The van der Waals surface area contributed by atoms with Crippen molar-refractivity contribution >= 4 is 5.91 Å². The molecule has 72 heavy (non-hydrogen) atoms. The Morgan fingerprint density at radius 3 is 1.32 bits per heavy atom. The molecular formula is C57H88N2O13. The van der Waals surface area contributed by atoms with Crippen LogP contribution in [0.4, 0.5) is 0 Å². The van der Waals surface area contributed by atoms with E-state index in [-0.39, 0.29) is 48.4 Å². The van der Waals surface area contributed by atoms with Crippen molar-refractivity contribution < 1.29 is 61.6 Å². The first-order valence-corrected chi connectivity index (χ1v) is 27.1. The van der Waals surface area contributed by atoms with Gasteiger partial charge in [0.2, 0.25) is 5.91 Å². The van der Waals surface area contributed by atoms with Crippen molar-refractivity contribution in [3.05, 3.63) is 59.7 Å². The number of rotatable bonds is 22. The van der Waals surface area contributed by atoms with Crippen molar-refractivity contribution in [2.24, 2.45) is 11.7 Å². The topological polar surface area (TPSA) is 166 Å². The summed E-state index contributed by atoms with van der Waals surface area (Å²) in [6.07, 6.45) is 5.65. The van der Waals surface area contributed by atoms with Crippen molar-refractivity contribution in [3.63, 3.8) is 0 Å².